The molecule has 1 heterocycles. The molecule has 0 spiro atoms. The van der Waals surface area contributed by atoms with Crippen LogP contribution in [0.15, 0.2) is 0 Å². The summed E-state index contributed by atoms with van der Waals surface area (Å²) < 4.78 is 26.0. The number of rotatable bonds is 6. The number of sulfonamides is 1. The Labute approximate surface area is 106 Å². The molecule has 2 N–H and O–H groups in total. The topological polar surface area (TPSA) is 83.5 Å². The van der Waals surface area contributed by atoms with E-state index in [-0.39, 0.29) is 11.7 Å². The summed E-state index contributed by atoms with van der Waals surface area (Å²) >= 11 is 1.47. The summed E-state index contributed by atoms with van der Waals surface area (Å²) in [5.74, 6) is 0.188. The second-order valence-corrected chi connectivity index (χ2v) is 7.74. The average Bonchev–Trinajstić information content (AvgIpc) is 2.64. The molecule has 0 amide bonds. The predicted molar refractivity (Wildman–Crippen MR) is 68.7 cm³/mol. The maximum absolute atomic E-state index is 11.8. The van der Waals surface area contributed by atoms with Gasteiger partial charge in [0.15, 0.2) is 0 Å². The van der Waals surface area contributed by atoms with Crippen LogP contribution < -0.4 is 4.72 Å². The highest BCUT2D eigenvalue weighted by Gasteiger charge is 2.44. The molecule has 0 radical (unpaired) electrons. The van der Waals surface area contributed by atoms with Crippen LogP contribution in [0.5, 0.6) is 0 Å². The Hall–Kier alpha value is -0.270. The van der Waals surface area contributed by atoms with Crippen molar-refractivity contribution >= 4 is 27.8 Å². The van der Waals surface area contributed by atoms with Crippen LogP contribution >= 0.6 is 11.8 Å². The number of carboxylic acid groups (broad SMARTS) is 1. The third-order valence-electron chi connectivity index (χ3n) is 2.75. The second kappa shape index (κ2) is 5.58. The fourth-order valence-electron chi connectivity index (χ4n) is 1.60. The lowest BCUT2D eigenvalue weighted by Crippen LogP contribution is -2.55. The van der Waals surface area contributed by atoms with Crippen molar-refractivity contribution in [1.82, 2.24) is 4.72 Å². The number of hydrogen-bond acceptors (Lipinski definition) is 4. The van der Waals surface area contributed by atoms with Crippen molar-refractivity contribution in [3.05, 3.63) is 0 Å². The fourth-order valence-corrected chi connectivity index (χ4v) is 4.75. The number of carboxylic acids is 1. The summed E-state index contributed by atoms with van der Waals surface area (Å²) in [7, 11) is -3.51. The zero-order chi connectivity index (χ0) is 13.1. The van der Waals surface area contributed by atoms with Gasteiger partial charge in [-0.1, -0.05) is 13.8 Å². The third-order valence-corrected chi connectivity index (χ3v) is 5.41. The van der Waals surface area contributed by atoms with E-state index in [1.165, 1.54) is 11.8 Å². The minimum absolute atomic E-state index is 0.00956. The molecule has 100 valence electrons. The Morgan fingerprint density at radius 3 is 2.59 bits per heavy atom. The lowest BCUT2D eigenvalue weighted by Gasteiger charge is -2.24. The lowest BCUT2D eigenvalue weighted by molar-refractivity contribution is -0.142. The predicted octanol–water partition coefficient (Wildman–Crippen LogP) is 0.912. The molecular weight excluding hydrogens is 262 g/mol. The monoisotopic (exact) mass is 281 g/mol. The molecule has 1 aliphatic rings. The first-order chi connectivity index (χ1) is 7.77. The summed E-state index contributed by atoms with van der Waals surface area (Å²) in [4.78, 5) is 11.2. The van der Waals surface area contributed by atoms with Crippen LogP contribution in [0.1, 0.15) is 26.7 Å². The number of hydrogen-bond donors (Lipinski definition) is 2. The molecule has 0 aromatic heterocycles. The van der Waals surface area contributed by atoms with E-state index in [1.54, 1.807) is 0 Å². The van der Waals surface area contributed by atoms with Gasteiger partial charge in [-0.2, -0.15) is 16.5 Å². The molecule has 0 saturated carbocycles. The highest BCUT2D eigenvalue weighted by Crippen LogP contribution is 2.29. The SMILES string of the molecule is CC(C)CCS(=O)(=O)NC1(C(=O)O)CCSC1. The van der Waals surface area contributed by atoms with Crippen LogP contribution in [-0.4, -0.2) is 42.3 Å². The van der Waals surface area contributed by atoms with Crippen molar-refractivity contribution in [1.29, 1.82) is 0 Å². The molecule has 0 aromatic carbocycles. The largest absolute Gasteiger partial charge is 0.480 e. The number of aliphatic carboxylic acids is 1. The van der Waals surface area contributed by atoms with Gasteiger partial charge in [0.1, 0.15) is 5.54 Å². The third kappa shape index (κ3) is 4.15. The molecule has 7 heteroatoms. The van der Waals surface area contributed by atoms with Gasteiger partial charge < -0.3 is 5.11 Å². The van der Waals surface area contributed by atoms with E-state index in [2.05, 4.69) is 4.72 Å². The normalized spacial score (nSPS) is 25.4. The number of thioether (sulfide) groups is 1. The van der Waals surface area contributed by atoms with Gasteiger partial charge in [-0.15, -0.1) is 0 Å². The Kier molecular flexibility index (Phi) is 4.86. The van der Waals surface area contributed by atoms with Crippen molar-refractivity contribution in [3.8, 4) is 0 Å². The van der Waals surface area contributed by atoms with Crippen LogP contribution in [0.4, 0.5) is 0 Å². The van der Waals surface area contributed by atoms with E-state index in [9.17, 15) is 13.2 Å². The molecule has 1 fully saturated rings. The molecular formula is C10H19NO4S2. The zero-order valence-electron chi connectivity index (χ0n) is 10.1. The van der Waals surface area contributed by atoms with Crippen LogP contribution in [0.3, 0.4) is 0 Å². The molecule has 17 heavy (non-hydrogen) atoms. The van der Waals surface area contributed by atoms with E-state index >= 15 is 0 Å². The van der Waals surface area contributed by atoms with E-state index in [1.807, 2.05) is 13.8 Å². The van der Waals surface area contributed by atoms with Crippen molar-refractivity contribution in [2.75, 3.05) is 17.3 Å². The standard InChI is InChI=1S/C10H19NO4S2/c1-8(2)3-6-17(14,15)11-10(9(12)13)4-5-16-7-10/h8,11H,3-7H2,1-2H3,(H,12,13). The van der Waals surface area contributed by atoms with Crippen molar-refractivity contribution in [2.45, 2.75) is 32.2 Å². The van der Waals surface area contributed by atoms with Gasteiger partial charge in [-0.3, -0.25) is 4.79 Å². The number of carbonyl (C=O) groups is 1. The molecule has 0 aliphatic carbocycles. The highest BCUT2D eigenvalue weighted by molar-refractivity contribution is 7.99. The summed E-state index contributed by atoms with van der Waals surface area (Å²) in [6, 6.07) is 0. The maximum atomic E-state index is 11.8. The van der Waals surface area contributed by atoms with E-state index in [0.717, 1.165) is 0 Å². The molecule has 1 aliphatic heterocycles. The quantitative estimate of drug-likeness (QED) is 0.756. The minimum Gasteiger partial charge on any atom is -0.480 e. The first kappa shape index (κ1) is 14.8. The molecule has 0 aromatic rings. The highest BCUT2D eigenvalue weighted by atomic mass is 32.2. The van der Waals surface area contributed by atoms with E-state index in [4.69, 9.17) is 5.11 Å². The molecule has 5 nitrogen and oxygen atoms in total. The van der Waals surface area contributed by atoms with Crippen LogP contribution in [0.25, 0.3) is 0 Å². The fraction of sp³-hybridized carbons (Fsp3) is 0.900. The molecule has 1 rings (SSSR count). The molecule has 1 unspecified atom stereocenters. The Morgan fingerprint density at radius 2 is 2.18 bits per heavy atom. The summed E-state index contributed by atoms with van der Waals surface area (Å²) in [5.41, 5.74) is -1.29. The van der Waals surface area contributed by atoms with Gasteiger partial charge in [-0.25, -0.2) is 8.42 Å². The van der Waals surface area contributed by atoms with Crippen molar-refractivity contribution < 1.29 is 18.3 Å². The molecule has 1 atom stereocenters. The van der Waals surface area contributed by atoms with Gasteiger partial charge in [0.25, 0.3) is 0 Å². The Balaban J connectivity index is 2.70. The van der Waals surface area contributed by atoms with Crippen LogP contribution in [-0.2, 0) is 14.8 Å². The van der Waals surface area contributed by atoms with Gasteiger partial charge in [0.05, 0.1) is 5.75 Å². The van der Waals surface area contributed by atoms with Gasteiger partial charge in [0.2, 0.25) is 10.0 Å². The molecule has 1 saturated heterocycles. The summed E-state index contributed by atoms with van der Waals surface area (Å²) in [5, 5.41) is 9.16. The smallest absolute Gasteiger partial charge is 0.325 e. The first-order valence-electron chi connectivity index (χ1n) is 5.60. The average molecular weight is 281 g/mol. The van der Waals surface area contributed by atoms with Crippen molar-refractivity contribution in [3.63, 3.8) is 0 Å². The van der Waals surface area contributed by atoms with E-state index in [0.29, 0.717) is 24.3 Å². The molecule has 0 bridgehead atoms. The Morgan fingerprint density at radius 1 is 1.53 bits per heavy atom. The maximum Gasteiger partial charge on any atom is 0.325 e. The Bertz CT molecular complexity index is 372. The summed E-state index contributed by atoms with van der Waals surface area (Å²) in [6.45, 7) is 3.88. The van der Waals surface area contributed by atoms with E-state index < -0.39 is 21.5 Å². The van der Waals surface area contributed by atoms with Gasteiger partial charge >= 0.3 is 5.97 Å². The first-order valence-corrected chi connectivity index (χ1v) is 8.41. The van der Waals surface area contributed by atoms with Crippen LogP contribution in [0.2, 0.25) is 0 Å². The minimum atomic E-state index is -3.51. The zero-order valence-corrected chi connectivity index (χ0v) is 11.7. The summed E-state index contributed by atoms with van der Waals surface area (Å²) in [6.07, 6.45) is 0.895. The van der Waals surface area contributed by atoms with Crippen LogP contribution in [0, 0.1) is 5.92 Å². The van der Waals surface area contributed by atoms with Gasteiger partial charge in [-0.05, 0) is 24.5 Å². The second-order valence-electron chi connectivity index (χ2n) is 4.79. The lowest BCUT2D eigenvalue weighted by atomic mass is 10.0. The van der Waals surface area contributed by atoms with Crippen molar-refractivity contribution in [2.24, 2.45) is 5.92 Å². The van der Waals surface area contributed by atoms with Gasteiger partial charge in [0, 0.05) is 5.75 Å². The number of nitrogens with one attached hydrogen (secondary N) is 1.